The van der Waals surface area contributed by atoms with Gasteiger partial charge in [0, 0.05) is 10.6 Å². The van der Waals surface area contributed by atoms with Gasteiger partial charge in [-0.05, 0) is 24.6 Å². The molecule has 0 aliphatic heterocycles. The molecule has 0 radical (unpaired) electrons. The van der Waals surface area contributed by atoms with Crippen molar-refractivity contribution in [3.05, 3.63) is 46.2 Å². The van der Waals surface area contributed by atoms with Gasteiger partial charge in [-0.25, -0.2) is 4.68 Å². The fraction of sp³-hybridized carbons (Fsp3) is 0.250. The Morgan fingerprint density at radius 2 is 2.00 bits per heavy atom. The number of alkyl halides is 4. The summed E-state index contributed by atoms with van der Waals surface area (Å²) in [6, 6.07) is 4.61. The van der Waals surface area contributed by atoms with Crippen LogP contribution >= 0.6 is 23.2 Å². The molecule has 0 N–H and O–H groups in total. The van der Waals surface area contributed by atoms with E-state index < -0.39 is 11.9 Å². The number of hydrogen-bond donors (Lipinski definition) is 0. The third-order valence-electron chi connectivity index (χ3n) is 2.66. The Morgan fingerprint density at radius 1 is 1.32 bits per heavy atom. The standard InChI is InChI=1S/C12H9Cl2F3N2/c1-7-2-3-9(4-10(7)14)19-11(12(15,16)17)8(5-13)6-18-19/h2-4,6H,5H2,1H3. The fourth-order valence-corrected chi connectivity index (χ4v) is 2.06. The molecule has 2 aromatic rings. The van der Waals surface area contributed by atoms with E-state index in [2.05, 4.69) is 5.10 Å². The number of hydrogen-bond acceptors (Lipinski definition) is 1. The fourth-order valence-electron chi connectivity index (χ4n) is 1.69. The van der Waals surface area contributed by atoms with Gasteiger partial charge in [0.2, 0.25) is 0 Å². The summed E-state index contributed by atoms with van der Waals surface area (Å²) in [6.07, 6.45) is -3.42. The molecule has 0 spiro atoms. The smallest absolute Gasteiger partial charge is 0.228 e. The quantitative estimate of drug-likeness (QED) is 0.742. The first-order valence-corrected chi connectivity index (χ1v) is 6.22. The summed E-state index contributed by atoms with van der Waals surface area (Å²) in [5, 5.41) is 4.13. The molecule has 0 fully saturated rings. The first-order chi connectivity index (χ1) is 8.84. The van der Waals surface area contributed by atoms with Crippen LogP contribution in [0.3, 0.4) is 0 Å². The molecule has 1 heterocycles. The maximum Gasteiger partial charge on any atom is 0.433 e. The Kier molecular flexibility index (Phi) is 3.78. The molecular formula is C12H9Cl2F3N2. The average Bonchev–Trinajstić information content (AvgIpc) is 2.76. The van der Waals surface area contributed by atoms with Gasteiger partial charge in [0.05, 0.1) is 17.8 Å². The van der Waals surface area contributed by atoms with Crippen LogP contribution in [0.4, 0.5) is 13.2 Å². The van der Waals surface area contributed by atoms with Gasteiger partial charge in [-0.1, -0.05) is 17.7 Å². The van der Waals surface area contributed by atoms with Crippen molar-refractivity contribution >= 4 is 23.2 Å². The minimum atomic E-state index is -4.53. The van der Waals surface area contributed by atoms with Crippen molar-refractivity contribution in [2.24, 2.45) is 0 Å². The lowest BCUT2D eigenvalue weighted by molar-refractivity contribution is -0.143. The summed E-state index contributed by atoms with van der Waals surface area (Å²) in [7, 11) is 0. The molecule has 2 nitrogen and oxygen atoms in total. The molecule has 0 atom stereocenters. The van der Waals surface area contributed by atoms with Crippen LogP contribution < -0.4 is 0 Å². The van der Waals surface area contributed by atoms with Gasteiger partial charge in [0.15, 0.2) is 5.69 Å². The van der Waals surface area contributed by atoms with Gasteiger partial charge in [-0.3, -0.25) is 0 Å². The van der Waals surface area contributed by atoms with E-state index in [0.717, 1.165) is 16.4 Å². The average molecular weight is 309 g/mol. The second-order valence-electron chi connectivity index (χ2n) is 4.00. The van der Waals surface area contributed by atoms with E-state index in [9.17, 15) is 13.2 Å². The summed E-state index contributed by atoms with van der Waals surface area (Å²) < 4.78 is 39.9. The van der Waals surface area contributed by atoms with Crippen LogP contribution in [0.2, 0.25) is 5.02 Å². The minimum Gasteiger partial charge on any atom is -0.228 e. The van der Waals surface area contributed by atoms with Crippen LogP contribution in [0.1, 0.15) is 16.8 Å². The van der Waals surface area contributed by atoms with Crippen molar-refractivity contribution in [1.29, 1.82) is 0 Å². The van der Waals surface area contributed by atoms with E-state index in [1.54, 1.807) is 13.0 Å². The van der Waals surface area contributed by atoms with Gasteiger partial charge in [0.1, 0.15) is 0 Å². The molecule has 0 amide bonds. The van der Waals surface area contributed by atoms with Crippen LogP contribution in [0.25, 0.3) is 5.69 Å². The van der Waals surface area contributed by atoms with Gasteiger partial charge in [0.25, 0.3) is 0 Å². The van der Waals surface area contributed by atoms with E-state index in [0.29, 0.717) is 5.02 Å². The van der Waals surface area contributed by atoms with Crippen LogP contribution in [0.5, 0.6) is 0 Å². The van der Waals surface area contributed by atoms with E-state index in [1.807, 2.05) is 0 Å². The van der Waals surface area contributed by atoms with Crippen LogP contribution in [-0.2, 0) is 12.1 Å². The Balaban J connectivity index is 2.62. The maximum absolute atomic E-state index is 13.0. The molecule has 0 saturated carbocycles. The number of rotatable bonds is 2. The zero-order valence-corrected chi connectivity index (χ0v) is 11.3. The lowest BCUT2D eigenvalue weighted by Crippen LogP contribution is -2.15. The van der Waals surface area contributed by atoms with Gasteiger partial charge < -0.3 is 0 Å². The highest BCUT2D eigenvalue weighted by atomic mass is 35.5. The Labute approximate surface area is 117 Å². The van der Waals surface area contributed by atoms with E-state index in [4.69, 9.17) is 23.2 Å². The zero-order chi connectivity index (χ0) is 14.2. The zero-order valence-electron chi connectivity index (χ0n) is 9.80. The predicted molar refractivity (Wildman–Crippen MR) is 67.9 cm³/mol. The monoisotopic (exact) mass is 308 g/mol. The number of benzene rings is 1. The molecule has 1 aromatic carbocycles. The summed E-state index contributed by atoms with van der Waals surface area (Å²) in [6.45, 7) is 1.77. The normalized spacial score (nSPS) is 11.9. The van der Waals surface area contributed by atoms with Crippen molar-refractivity contribution in [3.63, 3.8) is 0 Å². The third-order valence-corrected chi connectivity index (χ3v) is 3.35. The van der Waals surface area contributed by atoms with E-state index in [1.165, 1.54) is 12.1 Å². The summed E-state index contributed by atoms with van der Waals surface area (Å²) in [4.78, 5) is 0. The van der Waals surface area contributed by atoms with Gasteiger partial charge >= 0.3 is 6.18 Å². The molecule has 7 heteroatoms. The highest BCUT2D eigenvalue weighted by molar-refractivity contribution is 6.31. The Hall–Kier alpha value is -1.20. The number of aromatic nitrogens is 2. The molecule has 0 aliphatic rings. The topological polar surface area (TPSA) is 17.8 Å². The summed E-state index contributed by atoms with van der Waals surface area (Å²) >= 11 is 11.4. The highest BCUT2D eigenvalue weighted by Gasteiger charge is 2.38. The second kappa shape index (κ2) is 5.06. The Morgan fingerprint density at radius 3 is 2.53 bits per heavy atom. The molecule has 2 rings (SSSR count). The molecule has 1 aromatic heterocycles. The molecular weight excluding hydrogens is 300 g/mol. The SMILES string of the molecule is Cc1ccc(-n2ncc(CCl)c2C(F)(F)F)cc1Cl. The van der Waals surface area contributed by atoms with E-state index >= 15 is 0 Å². The molecule has 102 valence electrons. The summed E-state index contributed by atoms with van der Waals surface area (Å²) in [5.74, 6) is -0.256. The molecule has 19 heavy (non-hydrogen) atoms. The Bertz CT molecular complexity index is 606. The first-order valence-electron chi connectivity index (χ1n) is 5.31. The molecule has 0 aliphatic carbocycles. The largest absolute Gasteiger partial charge is 0.433 e. The van der Waals surface area contributed by atoms with Crippen LogP contribution in [0.15, 0.2) is 24.4 Å². The third kappa shape index (κ3) is 2.72. The van der Waals surface area contributed by atoms with Gasteiger partial charge in [-0.2, -0.15) is 18.3 Å². The molecule has 0 saturated heterocycles. The lowest BCUT2D eigenvalue weighted by Gasteiger charge is -2.12. The predicted octanol–water partition coefficient (Wildman–Crippen LogP) is 4.59. The van der Waals surface area contributed by atoms with Crippen molar-refractivity contribution < 1.29 is 13.2 Å². The van der Waals surface area contributed by atoms with Crippen molar-refractivity contribution in [1.82, 2.24) is 9.78 Å². The minimum absolute atomic E-state index is 0.0640. The van der Waals surface area contributed by atoms with Crippen LogP contribution in [-0.4, -0.2) is 9.78 Å². The maximum atomic E-state index is 13.0. The lowest BCUT2D eigenvalue weighted by atomic mass is 10.2. The molecule has 0 unspecified atom stereocenters. The number of aryl methyl sites for hydroxylation is 1. The van der Waals surface area contributed by atoms with Gasteiger partial charge in [-0.15, -0.1) is 11.6 Å². The van der Waals surface area contributed by atoms with Crippen LogP contribution in [0, 0.1) is 6.92 Å². The highest BCUT2D eigenvalue weighted by Crippen LogP contribution is 2.34. The van der Waals surface area contributed by atoms with Crippen molar-refractivity contribution in [3.8, 4) is 5.69 Å². The number of nitrogens with zero attached hydrogens (tertiary/aromatic N) is 2. The summed E-state index contributed by atoms with van der Waals surface area (Å²) in [5.41, 5.74) is 0.0938. The first kappa shape index (κ1) is 14.2. The van der Waals surface area contributed by atoms with Crippen molar-refractivity contribution in [2.45, 2.75) is 19.0 Å². The van der Waals surface area contributed by atoms with E-state index in [-0.39, 0.29) is 17.1 Å². The second-order valence-corrected chi connectivity index (χ2v) is 4.67. The number of halogens is 5. The van der Waals surface area contributed by atoms with Crippen molar-refractivity contribution in [2.75, 3.05) is 0 Å². The molecule has 0 bridgehead atoms.